The van der Waals surface area contributed by atoms with Crippen LogP contribution in [0.3, 0.4) is 0 Å². The van der Waals surface area contributed by atoms with E-state index in [1.54, 1.807) is 0 Å². The van der Waals surface area contributed by atoms with Gasteiger partial charge in [0, 0.05) is 23.6 Å². The maximum absolute atomic E-state index is 6.45. The molecule has 0 aliphatic carbocycles. The molecule has 0 saturated heterocycles. The first-order valence-corrected chi connectivity index (χ1v) is 7.96. The van der Waals surface area contributed by atoms with Crippen LogP contribution >= 0.6 is 11.6 Å². The van der Waals surface area contributed by atoms with E-state index in [-0.39, 0.29) is 6.04 Å². The zero-order valence-corrected chi connectivity index (χ0v) is 13.1. The summed E-state index contributed by atoms with van der Waals surface area (Å²) < 4.78 is 11.4. The van der Waals surface area contributed by atoms with Gasteiger partial charge in [0.2, 0.25) is 0 Å². The van der Waals surface area contributed by atoms with Crippen LogP contribution in [0.15, 0.2) is 12.1 Å². The van der Waals surface area contributed by atoms with Crippen LogP contribution in [-0.4, -0.2) is 19.8 Å². The fourth-order valence-electron chi connectivity index (χ4n) is 2.49. The molecule has 1 N–H and O–H groups in total. The zero-order valence-electron chi connectivity index (χ0n) is 12.4. The number of hydrogen-bond acceptors (Lipinski definition) is 3. The molecule has 0 saturated carbocycles. The summed E-state index contributed by atoms with van der Waals surface area (Å²) >= 11 is 6.45. The van der Waals surface area contributed by atoms with Gasteiger partial charge in [0.05, 0.1) is 13.2 Å². The molecular weight excluding hydrogens is 274 g/mol. The highest BCUT2D eigenvalue weighted by molar-refractivity contribution is 6.31. The molecular formula is C16H24ClNO2. The molecule has 2 rings (SSSR count). The minimum absolute atomic E-state index is 0.282. The summed E-state index contributed by atoms with van der Waals surface area (Å²) in [6.45, 7) is 6.65. The van der Waals surface area contributed by atoms with Crippen molar-refractivity contribution >= 4 is 11.6 Å². The minimum Gasteiger partial charge on any atom is -0.490 e. The highest BCUT2D eigenvalue weighted by atomic mass is 35.5. The van der Waals surface area contributed by atoms with E-state index in [1.165, 1.54) is 12.8 Å². The Morgan fingerprint density at radius 1 is 1.20 bits per heavy atom. The first-order valence-electron chi connectivity index (χ1n) is 7.58. The Labute approximate surface area is 126 Å². The number of halogens is 1. The van der Waals surface area contributed by atoms with Gasteiger partial charge in [0.1, 0.15) is 0 Å². The van der Waals surface area contributed by atoms with Gasteiger partial charge in [-0.1, -0.05) is 38.3 Å². The number of fused-ring (bicyclic) bond motifs is 1. The summed E-state index contributed by atoms with van der Waals surface area (Å²) in [5.74, 6) is 1.59. The average molecular weight is 298 g/mol. The van der Waals surface area contributed by atoms with Gasteiger partial charge in [-0.2, -0.15) is 0 Å². The van der Waals surface area contributed by atoms with Gasteiger partial charge in [0.15, 0.2) is 11.5 Å². The Balaban J connectivity index is 2.26. The SMILES string of the molecule is CCCCC(NCC)c1cc2c(cc1Cl)OCCCO2. The largest absolute Gasteiger partial charge is 0.490 e. The highest BCUT2D eigenvalue weighted by Gasteiger charge is 2.19. The number of rotatable bonds is 6. The van der Waals surface area contributed by atoms with Crippen molar-refractivity contribution in [1.82, 2.24) is 5.32 Å². The van der Waals surface area contributed by atoms with E-state index in [9.17, 15) is 0 Å². The molecule has 20 heavy (non-hydrogen) atoms. The molecule has 1 unspecified atom stereocenters. The number of nitrogens with one attached hydrogen (secondary N) is 1. The first-order chi connectivity index (χ1) is 9.76. The van der Waals surface area contributed by atoms with Crippen LogP contribution < -0.4 is 14.8 Å². The summed E-state index contributed by atoms with van der Waals surface area (Å²) in [4.78, 5) is 0. The Kier molecular flexibility index (Phi) is 5.99. The minimum atomic E-state index is 0.282. The standard InChI is InChI=1S/C16H24ClNO2/c1-3-5-7-14(18-4-2)12-10-15-16(11-13(12)17)20-9-6-8-19-15/h10-11,14,18H,3-9H2,1-2H3. The topological polar surface area (TPSA) is 30.5 Å². The molecule has 0 amide bonds. The first kappa shape index (κ1) is 15.5. The molecule has 0 spiro atoms. The smallest absolute Gasteiger partial charge is 0.162 e. The van der Waals surface area contributed by atoms with E-state index in [4.69, 9.17) is 21.1 Å². The maximum atomic E-state index is 6.45. The van der Waals surface area contributed by atoms with Gasteiger partial charge in [0.25, 0.3) is 0 Å². The lowest BCUT2D eigenvalue weighted by Crippen LogP contribution is -2.21. The van der Waals surface area contributed by atoms with Gasteiger partial charge < -0.3 is 14.8 Å². The predicted octanol–water partition coefficient (Wildman–Crippen LogP) is 4.34. The predicted molar refractivity (Wildman–Crippen MR) is 83.0 cm³/mol. The Bertz CT molecular complexity index is 437. The van der Waals surface area contributed by atoms with Crippen molar-refractivity contribution in [2.75, 3.05) is 19.8 Å². The summed E-state index contributed by atoms with van der Waals surface area (Å²) in [5.41, 5.74) is 1.12. The van der Waals surface area contributed by atoms with Crippen LogP contribution in [0.2, 0.25) is 5.02 Å². The van der Waals surface area contributed by atoms with Crippen molar-refractivity contribution in [3.63, 3.8) is 0 Å². The van der Waals surface area contributed by atoms with E-state index in [1.807, 2.05) is 12.1 Å². The fraction of sp³-hybridized carbons (Fsp3) is 0.625. The third kappa shape index (κ3) is 3.80. The van der Waals surface area contributed by atoms with Crippen LogP contribution in [0.25, 0.3) is 0 Å². The van der Waals surface area contributed by atoms with E-state index in [2.05, 4.69) is 19.2 Å². The number of unbranched alkanes of at least 4 members (excludes halogenated alkanes) is 1. The molecule has 0 fully saturated rings. The van der Waals surface area contributed by atoms with Crippen molar-refractivity contribution in [3.8, 4) is 11.5 Å². The fourth-order valence-corrected chi connectivity index (χ4v) is 2.77. The number of ether oxygens (including phenoxy) is 2. The van der Waals surface area contributed by atoms with Crippen molar-refractivity contribution in [2.45, 2.75) is 45.6 Å². The van der Waals surface area contributed by atoms with E-state index in [0.717, 1.165) is 41.5 Å². The number of benzene rings is 1. The molecule has 0 aromatic heterocycles. The van der Waals surface area contributed by atoms with Gasteiger partial charge in [-0.25, -0.2) is 0 Å². The lowest BCUT2D eigenvalue weighted by atomic mass is 10.0. The Morgan fingerprint density at radius 2 is 1.90 bits per heavy atom. The molecule has 1 heterocycles. The lowest BCUT2D eigenvalue weighted by Gasteiger charge is -2.21. The number of hydrogen-bond donors (Lipinski definition) is 1. The molecule has 4 heteroatoms. The maximum Gasteiger partial charge on any atom is 0.162 e. The molecule has 1 aliphatic rings. The quantitative estimate of drug-likeness (QED) is 0.847. The Morgan fingerprint density at radius 3 is 2.55 bits per heavy atom. The molecule has 3 nitrogen and oxygen atoms in total. The van der Waals surface area contributed by atoms with Gasteiger partial charge in [-0.15, -0.1) is 0 Å². The lowest BCUT2D eigenvalue weighted by molar-refractivity contribution is 0.297. The summed E-state index contributed by atoms with van der Waals surface area (Å²) in [5, 5.41) is 4.28. The summed E-state index contributed by atoms with van der Waals surface area (Å²) in [6.07, 6.45) is 4.37. The zero-order chi connectivity index (χ0) is 14.4. The van der Waals surface area contributed by atoms with E-state index in [0.29, 0.717) is 13.2 Å². The third-order valence-electron chi connectivity index (χ3n) is 3.54. The average Bonchev–Trinajstić information content (AvgIpc) is 2.67. The molecule has 1 atom stereocenters. The second-order valence-corrected chi connectivity index (χ2v) is 5.53. The van der Waals surface area contributed by atoms with Crippen LogP contribution in [-0.2, 0) is 0 Å². The van der Waals surface area contributed by atoms with Crippen molar-refractivity contribution in [1.29, 1.82) is 0 Å². The third-order valence-corrected chi connectivity index (χ3v) is 3.87. The van der Waals surface area contributed by atoms with Gasteiger partial charge in [-0.05, 0) is 24.6 Å². The summed E-state index contributed by atoms with van der Waals surface area (Å²) in [7, 11) is 0. The summed E-state index contributed by atoms with van der Waals surface area (Å²) in [6, 6.07) is 4.23. The van der Waals surface area contributed by atoms with E-state index >= 15 is 0 Å². The van der Waals surface area contributed by atoms with Crippen LogP contribution in [0, 0.1) is 0 Å². The molecule has 1 aromatic rings. The van der Waals surface area contributed by atoms with Gasteiger partial charge >= 0.3 is 0 Å². The second kappa shape index (κ2) is 7.75. The van der Waals surface area contributed by atoms with Crippen LogP contribution in [0.1, 0.15) is 51.1 Å². The van der Waals surface area contributed by atoms with Gasteiger partial charge in [-0.3, -0.25) is 0 Å². The molecule has 1 aromatic carbocycles. The van der Waals surface area contributed by atoms with Crippen molar-refractivity contribution in [3.05, 3.63) is 22.7 Å². The highest BCUT2D eigenvalue weighted by Crippen LogP contribution is 2.38. The van der Waals surface area contributed by atoms with Crippen molar-refractivity contribution in [2.24, 2.45) is 0 Å². The monoisotopic (exact) mass is 297 g/mol. The second-order valence-electron chi connectivity index (χ2n) is 5.12. The Hall–Kier alpha value is -0.930. The normalized spacial score (nSPS) is 15.8. The van der Waals surface area contributed by atoms with E-state index < -0.39 is 0 Å². The van der Waals surface area contributed by atoms with Crippen LogP contribution in [0.4, 0.5) is 0 Å². The van der Waals surface area contributed by atoms with Crippen molar-refractivity contribution < 1.29 is 9.47 Å². The molecule has 1 aliphatic heterocycles. The van der Waals surface area contributed by atoms with Crippen LogP contribution in [0.5, 0.6) is 11.5 Å². The molecule has 112 valence electrons. The molecule has 0 bridgehead atoms. The molecule has 0 radical (unpaired) electrons.